The molecule has 2 heterocycles. The van der Waals surface area contributed by atoms with Crippen LogP contribution in [-0.4, -0.2) is 67.2 Å². The van der Waals surface area contributed by atoms with E-state index < -0.39 is 0 Å². The molecule has 174 valence electrons. The fourth-order valence-corrected chi connectivity index (χ4v) is 4.64. The lowest BCUT2D eigenvalue weighted by molar-refractivity contribution is -0.139. The predicted molar refractivity (Wildman–Crippen MR) is 128 cm³/mol. The zero-order chi connectivity index (χ0) is 23.2. The zero-order valence-corrected chi connectivity index (χ0v) is 19.9. The molecule has 8 heteroatoms. The molecule has 1 amide bonds. The van der Waals surface area contributed by atoms with Crippen molar-refractivity contribution in [3.05, 3.63) is 63.6 Å². The second kappa shape index (κ2) is 11.2. The number of hydrogen-bond acceptors (Lipinski definition) is 5. The molecule has 1 unspecified atom stereocenters. The number of morpholine rings is 1. The van der Waals surface area contributed by atoms with Crippen LogP contribution in [-0.2, 0) is 16.0 Å². The van der Waals surface area contributed by atoms with Gasteiger partial charge in [-0.2, -0.15) is 5.26 Å². The van der Waals surface area contributed by atoms with E-state index >= 15 is 0 Å². The molecule has 2 aromatic rings. The average molecular weight is 488 g/mol. The topological polar surface area (TPSA) is 65.8 Å². The monoisotopic (exact) mass is 487 g/mol. The summed E-state index contributed by atoms with van der Waals surface area (Å²) in [7, 11) is 0. The molecule has 0 N–H and O–H groups in total. The Morgan fingerprint density at radius 1 is 1.12 bits per heavy atom. The number of piperidine rings is 1. The Morgan fingerprint density at radius 2 is 1.91 bits per heavy atom. The van der Waals surface area contributed by atoms with Crippen molar-refractivity contribution in [3.8, 4) is 11.8 Å². The first-order chi connectivity index (χ1) is 16.0. The molecule has 2 fully saturated rings. The largest absolute Gasteiger partial charge is 0.490 e. The summed E-state index contributed by atoms with van der Waals surface area (Å²) in [6.45, 7) is 4.31. The molecule has 0 aliphatic carbocycles. The molecule has 0 radical (unpaired) electrons. The Hall–Kier alpha value is -2.30. The van der Waals surface area contributed by atoms with Crippen LogP contribution in [0.3, 0.4) is 0 Å². The molecule has 2 aliphatic heterocycles. The minimum absolute atomic E-state index is 0.0125. The van der Waals surface area contributed by atoms with Crippen LogP contribution in [0.4, 0.5) is 0 Å². The van der Waals surface area contributed by atoms with E-state index in [0.717, 1.165) is 43.8 Å². The number of carbonyl (C=O) groups is 1. The molecule has 2 saturated heterocycles. The maximum atomic E-state index is 12.8. The van der Waals surface area contributed by atoms with Crippen LogP contribution in [0, 0.1) is 11.3 Å². The number of hydrogen-bond donors (Lipinski definition) is 0. The van der Waals surface area contributed by atoms with Gasteiger partial charge in [-0.3, -0.25) is 4.79 Å². The van der Waals surface area contributed by atoms with Gasteiger partial charge in [0.15, 0.2) is 0 Å². The number of nitrogens with zero attached hydrogens (tertiary/aromatic N) is 3. The number of benzene rings is 2. The summed E-state index contributed by atoms with van der Waals surface area (Å²) in [5.74, 6) is 0.783. The van der Waals surface area contributed by atoms with Gasteiger partial charge < -0.3 is 19.3 Å². The Kier molecular flexibility index (Phi) is 8.11. The van der Waals surface area contributed by atoms with Crippen molar-refractivity contribution in [1.82, 2.24) is 9.80 Å². The second-order valence-corrected chi connectivity index (χ2v) is 9.29. The maximum Gasteiger partial charge on any atom is 0.227 e. The highest BCUT2D eigenvalue weighted by molar-refractivity contribution is 6.42. The van der Waals surface area contributed by atoms with Crippen molar-refractivity contribution >= 4 is 29.1 Å². The molecule has 33 heavy (non-hydrogen) atoms. The number of likely N-dealkylation sites (tertiary alicyclic amines) is 1. The fourth-order valence-electron chi connectivity index (χ4n) is 4.35. The standard InChI is InChI=1S/C25H27Cl2N3O3/c26-23-6-5-21(14-24(23)27)33-20-7-9-29(10-8-20)16-22-17-30(11-12-32-22)25(31)13-18-3-1-2-4-19(18)15-28/h1-6,14,20,22H,7-13,16-17H2. The number of amides is 1. The van der Waals surface area contributed by atoms with E-state index in [2.05, 4.69) is 11.0 Å². The van der Waals surface area contributed by atoms with Crippen molar-refractivity contribution < 1.29 is 14.3 Å². The van der Waals surface area contributed by atoms with E-state index in [-0.39, 0.29) is 24.5 Å². The Balaban J connectivity index is 1.24. The van der Waals surface area contributed by atoms with E-state index in [1.54, 1.807) is 18.2 Å². The lowest BCUT2D eigenvalue weighted by Crippen LogP contribution is -2.51. The highest BCUT2D eigenvalue weighted by Gasteiger charge is 2.28. The first-order valence-corrected chi connectivity index (χ1v) is 12.0. The van der Waals surface area contributed by atoms with E-state index in [4.69, 9.17) is 32.7 Å². The van der Waals surface area contributed by atoms with Gasteiger partial charge in [0.1, 0.15) is 11.9 Å². The third-order valence-electron chi connectivity index (χ3n) is 6.16. The molecule has 6 nitrogen and oxygen atoms in total. The minimum Gasteiger partial charge on any atom is -0.490 e. The Morgan fingerprint density at radius 3 is 2.67 bits per heavy atom. The second-order valence-electron chi connectivity index (χ2n) is 8.47. The SMILES string of the molecule is N#Cc1ccccc1CC(=O)N1CCOC(CN2CCC(Oc3ccc(Cl)c(Cl)c3)CC2)C1. The van der Waals surface area contributed by atoms with E-state index in [1.165, 1.54) is 0 Å². The van der Waals surface area contributed by atoms with E-state index in [0.29, 0.717) is 35.3 Å². The molecule has 1 atom stereocenters. The lowest BCUT2D eigenvalue weighted by atomic mass is 10.0. The molecule has 4 rings (SSSR count). The van der Waals surface area contributed by atoms with Gasteiger partial charge in [-0.15, -0.1) is 0 Å². The van der Waals surface area contributed by atoms with Gasteiger partial charge >= 0.3 is 0 Å². The van der Waals surface area contributed by atoms with Crippen LogP contribution < -0.4 is 4.74 Å². The summed E-state index contributed by atoms with van der Waals surface area (Å²) in [6.07, 6.45) is 2.21. The van der Waals surface area contributed by atoms with Crippen molar-refractivity contribution in [3.63, 3.8) is 0 Å². The van der Waals surface area contributed by atoms with Crippen LogP contribution in [0.1, 0.15) is 24.0 Å². The van der Waals surface area contributed by atoms with Gasteiger partial charge in [0.2, 0.25) is 5.91 Å². The molecule has 0 bridgehead atoms. The lowest BCUT2D eigenvalue weighted by Gasteiger charge is -2.38. The first-order valence-electron chi connectivity index (χ1n) is 11.2. The van der Waals surface area contributed by atoms with Gasteiger partial charge in [-0.25, -0.2) is 0 Å². The van der Waals surface area contributed by atoms with Crippen LogP contribution in [0.25, 0.3) is 0 Å². The van der Waals surface area contributed by atoms with Gasteiger partial charge in [-0.05, 0) is 36.6 Å². The highest BCUT2D eigenvalue weighted by atomic mass is 35.5. The van der Waals surface area contributed by atoms with E-state index in [1.807, 2.05) is 29.2 Å². The number of nitriles is 1. The summed E-state index contributed by atoms with van der Waals surface area (Å²) < 4.78 is 12.0. The van der Waals surface area contributed by atoms with Crippen molar-refractivity contribution in [2.75, 3.05) is 39.3 Å². The quantitative estimate of drug-likeness (QED) is 0.611. The summed E-state index contributed by atoms with van der Waals surface area (Å²) in [6, 6.07) is 14.8. The molecule has 2 aromatic carbocycles. The summed E-state index contributed by atoms with van der Waals surface area (Å²) in [5, 5.41) is 10.3. The van der Waals surface area contributed by atoms with Crippen LogP contribution >= 0.6 is 23.2 Å². The predicted octanol–water partition coefficient (Wildman–Crippen LogP) is 4.18. The number of carbonyl (C=O) groups excluding carboxylic acids is 1. The van der Waals surface area contributed by atoms with Gasteiger partial charge in [-0.1, -0.05) is 41.4 Å². The van der Waals surface area contributed by atoms with Crippen LogP contribution in [0.2, 0.25) is 10.0 Å². The Labute approximate surface area is 204 Å². The summed E-state index contributed by atoms with van der Waals surface area (Å²) in [4.78, 5) is 17.1. The molecular formula is C25H27Cl2N3O3. The fraction of sp³-hybridized carbons (Fsp3) is 0.440. The van der Waals surface area contributed by atoms with Gasteiger partial charge in [0.25, 0.3) is 0 Å². The summed E-state index contributed by atoms with van der Waals surface area (Å²) in [5.41, 5.74) is 1.33. The van der Waals surface area contributed by atoms with E-state index in [9.17, 15) is 10.1 Å². The van der Waals surface area contributed by atoms with Crippen molar-refractivity contribution in [2.45, 2.75) is 31.5 Å². The molecule has 0 spiro atoms. The molecular weight excluding hydrogens is 461 g/mol. The van der Waals surface area contributed by atoms with Gasteiger partial charge in [0, 0.05) is 38.8 Å². The Bertz CT molecular complexity index is 1020. The number of ether oxygens (including phenoxy) is 2. The first kappa shape index (κ1) is 23.8. The third kappa shape index (κ3) is 6.39. The normalized spacial score (nSPS) is 19.8. The molecule has 0 aromatic heterocycles. The maximum absolute atomic E-state index is 12.8. The van der Waals surface area contributed by atoms with Crippen LogP contribution in [0.5, 0.6) is 5.75 Å². The smallest absolute Gasteiger partial charge is 0.227 e. The van der Waals surface area contributed by atoms with Crippen molar-refractivity contribution in [1.29, 1.82) is 5.26 Å². The third-order valence-corrected chi connectivity index (χ3v) is 6.90. The zero-order valence-electron chi connectivity index (χ0n) is 18.4. The highest BCUT2D eigenvalue weighted by Crippen LogP contribution is 2.28. The molecule has 0 saturated carbocycles. The summed E-state index contributed by atoms with van der Waals surface area (Å²) >= 11 is 12.1. The number of rotatable bonds is 6. The van der Waals surface area contributed by atoms with Crippen LogP contribution in [0.15, 0.2) is 42.5 Å². The molecule has 2 aliphatic rings. The average Bonchev–Trinajstić information content (AvgIpc) is 2.83. The van der Waals surface area contributed by atoms with Gasteiger partial charge in [0.05, 0.1) is 40.8 Å². The number of halogens is 2. The van der Waals surface area contributed by atoms with Crippen molar-refractivity contribution in [2.24, 2.45) is 0 Å². The minimum atomic E-state index is -0.0125.